The smallest absolute Gasteiger partial charge is 0.271 e. The molecule has 146 valence electrons. The molecule has 0 saturated heterocycles. The Morgan fingerprint density at radius 1 is 1.33 bits per heavy atom. The molecular weight excluding hydrogens is 366 g/mol. The summed E-state index contributed by atoms with van der Waals surface area (Å²) in [6.45, 7) is 5.46. The van der Waals surface area contributed by atoms with Gasteiger partial charge in [-0.2, -0.15) is 4.98 Å². The summed E-state index contributed by atoms with van der Waals surface area (Å²) in [7, 11) is 1.86. The van der Waals surface area contributed by atoms with Crippen LogP contribution in [0.25, 0.3) is 11.0 Å². The number of hydrogen-bond donors (Lipinski definition) is 1. The Labute approximate surface area is 163 Å². The van der Waals surface area contributed by atoms with Gasteiger partial charge in [-0.3, -0.25) is 14.2 Å². The van der Waals surface area contributed by atoms with Crippen LogP contribution in [0.3, 0.4) is 0 Å². The molecule has 8 heteroatoms. The van der Waals surface area contributed by atoms with Gasteiger partial charge in [0.2, 0.25) is 11.9 Å². The SMILES string of the molecule is CC(=O)N(C)C1CCC(Nc2ncc3cc(Cl)c(=O)n(C(C)C)c3n2)CC1. The Morgan fingerprint density at radius 3 is 2.59 bits per heavy atom. The Kier molecular flexibility index (Phi) is 5.69. The lowest BCUT2D eigenvalue weighted by Gasteiger charge is -2.34. The van der Waals surface area contributed by atoms with Gasteiger partial charge >= 0.3 is 0 Å². The van der Waals surface area contributed by atoms with Gasteiger partial charge in [0.05, 0.1) is 0 Å². The summed E-state index contributed by atoms with van der Waals surface area (Å²) in [5.41, 5.74) is 0.346. The van der Waals surface area contributed by atoms with Crippen molar-refractivity contribution >= 4 is 34.5 Å². The first-order valence-electron chi connectivity index (χ1n) is 9.35. The molecule has 0 radical (unpaired) electrons. The highest BCUT2D eigenvalue weighted by Gasteiger charge is 2.25. The van der Waals surface area contributed by atoms with Gasteiger partial charge in [-0.1, -0.05) is 11.6 Å². The maximum absolute atomic E-state index is 12.4. The van der Waals surface area contributed by atoms with Crippen LogP contribution < -0.4 is 10.9 Å². The maximum atomic E-state index is 12.4. The number of pyridine rings is 1. The molecule has 0 unspecified atom stereocenters. The van der Waals surface area contributed by atoms with E-state index in [1.807, 2.05) is 25.8 Å². The summed E-state index contributed by atoms with van der Waals surface area (Å²) < 4.78 is 1.60. The number of amides is 1. The molecule has 0 aliphatic heterocycles. The van der Waals surface area contributed by atoms with Gasteiger partial charge in [-0.05, 0) is 45.6 Å². The van der Waals surface area contributed by atoms with Gasteiger partial charge in [0, 0.05) is 43.7 Å². The molecule has 27 heavy (non-hydrogen) atoms. The third-order valence-corrected chi connectivity index (χ3v) is 5.59. The summed E-state index contributed by atoms with van der Waals surface area (Å²) >= 11 is 6.06. The van der Waals surface area contributed by atoms with Crippen LogP contribution in [-0.2, 0) is 4.79 Å². The van der Waals surface area contributed by atoms with Gasteiger partial charge in [0.1, 0.15) is 10.7 Å². The second-order valence-electron chi connectivity index (χ2n) is 7.51. The maximum Gasteiger partial charge on any atom is 0.271 e. The van der Waals surface area contributed by atoms with E-state index in [9.17, 15) is 9.59 Å². The molecule has 1 saturated carbocycles. The van der Waals surface area contributed by atoms with Crippen LogP contribution >= 0.6 is 11.6 Å². The minimum Gasteiger partial charge on any atom is -0.351 e. The molecule has 1 fully saturated rings. The molecule has 0 spiro atoms. The van der Waals surface area contributed by atoms with Crippen LogP contribution in [0.4, 0.5) is 5.95 Å². The normalized spacial score (nSPS) is 20.1. The number of carbonyl (C=O) groups excluding carboxylic acids is 1. The summed E-state index contributed by atoms with van der Waals surface area (Å²) in [4.78, 5) is 34.7. The molecule has 1 aliphatic carbocycles. The first-order chi connectivity index (χ1) is 12.8. The number of hydrogen-bond acceptors (Lipinski definition) is 5. The van der Waals surface area contributed by atoms with Crippen molar-refractivity contribution in [3.8, 4) is 0 Å². The zero-order valence-electron chi connectivity index (χ0n) is 16.2. The predicted octanol–water partition coefficient (Wildman–Crippen LogP) is 3.23. The van der Waals surface area contributed by atoms with Crippen molar-refractivity contribution in [2.45, 2.75) is 64.6 Å². The molecule has 0 aromatic carbocycles. The minimum absolute atomic E-state index is 0.0565. The molecule has 1 aliphatic rings. The van der Waals surface area contributed by atoms with E-state index in [1.165, 1.54) is 0 Å². The number of aromatic nitrogens is 3. The van der Waals surface area contributed by atoms with Crippen molar-refractivity contribution in [3.63, 3.8) is 0 Å². The molecule has 7 nitrogen and oxygen atoms in total. The second kappa shape index (κ2) is 7.84. The quantitative estimate of drug-likeness (QED) is 0.865. The van der Waals surface area contributed by atoms with E-state index in [1.54, 1.807) is 23.8 Å². The lowest BCUT2D eigenvalue weighted by Crippen LogP contribution is -2.40. The second-order valence-corrected chi connectivity index (χ2v) is 7.92. The summed E-state index contributed by atoms with van der Waals surface area (Å²) in [6.07, 6.45) is 5.49. The van der Waals surface area contributed by atoms with E-state index in [0.29, 0.717) is 17.6 Å². The van der Waals surface area contributed by atoms with Crippen LogP contribution in [0.5, 0.6) is 0 Å². The number of rotatable bonds is 4. The van der Waals surface area contributed by atoms with Crippen molar-refractivity contribution in [1.82, 2.24) is 19.4 Å². The third-order valence-electron chi connectivity index (χ3n) is 5.32. The molecule has 3 rings (SSSR count). The fourth-order valence-electron chi connectivity index (χ4n) is 3.68. The molecular formula is C19H26ClN5O2. The van der Waals surface area contributed by atoms with Crippen molar-refractivity contribution in [3.05, 3.63) is 27.6 Å². The van der Waals surface area contributed by atoms with E-state index >= 15 is 0 Å². The van der Waals surface area contributed by atoms with Gasteiger partial charge < -0.3 is 10.2 Å². The highest BCUT2D eigenvalue weighted by molar-refractivity contribution is 6.31. The summed E-state index contributed by atoms with van der Waals surface area (Å²) in [5, 5.41) is 4.30. The highest BCUT2D eigenvalue weighted by atomic mass is 35.5. The Balaban J connectivity index is 1.79. The number of anilines is 1. The first kappa shape index (κ1) is 19.6. The molecule has 0 atom stereocenters. The first-order valence-corrected chi connectivity index (χ1v) is 9.73. The molecule has 0 bridgehead atoms. The molecule has 2 heterocycles. The van der Waals surface area contributed by atoms with Crippen molar-refractivity contribution in [2.24, 2.45) is 0 Å². The van der Waals surface area contributed by atoms with Gasteiger partial charge in [-0.25, -0.2) is 4.98 Å². The monoisotopic (exact) mass is 391 g/mol. The summed E-state index contributed by atoms with van der Waals surface area (Å²) in [6, 6.07) is 2.11. The van der Waals surface area contributed by atoms with Gasteiger partial charge in [0.25, 0.3) is 5.56 Å². The Morgan fingerprint density at radius 2 is 2.00 bits per heavy atom. The lowest BCUT2D eigenvalue weighted by atomic mass is 9.90. The zero-order valence-corrected chi connectivity index (χ0v) is 17.0. The van der Waals surface area contributed by atoms with Crippen molar-refractivity contribution < 1.29 is 4.79 Å². The van der Waals surface area contributed by atoms with Crippen LogP contribution in [0.15, 0.2) is 17.1 Å². The molecule has 2 aromatic rings. The van der Waals surface area contributed by atoms with Crippen molar-refractivity contribution in [1.29, 1.82) is 0 Å². The molecule has 1 amide bonds. The summed E-state index contributed by atoms with van der Waals surface area (Å²) in [5.74, 6) is 0.622. The van der Waals surface area contributed by atoms with E-state index in [-0.39, 0.29) is 28.6 Å². The fraction of sp³-hybridized carbons (Fsp3) is 0.579. The third kappa shape index (κ3) is 4.08. The van der Waals surface area contributed by atoms with Gasteiger partial charge in [0.15, 0.2) is 0 Å². The average Bonchev–Trinajstić information content (AvgIpc) is 2.62. The Hall–Kier alpha value is -2.15. The van der Waals surface area contributed by atoms with Gasteiger partial charge in [-0.15, -0.1) is 0 Å². The van der Waals surface area contributed by atoms with E-state index in [2.05, 4.69) is 15.3 Å². The fourth-order valence-corrected chi connectivity index (χ4v) is 3.89. The van der Waals surface area contributed by atoms with Crippen LogP contribution in [-0.4, -0.2) is 44.5 Å². The Bertz CT molecular complexity index is 903. The number of fused-ring (bicyclic) bond motifs is 1. The van der Waals surface area contributed by atoms with Crippen molar-refractivity contribution in [2.75, 3.05) is 12.4 Å². The van der Waals surface area contributed by atoms with E-state index in [4.69, 9.17) is 11.6 Å². The highest BCUT2D eigenvalue weighted by Crippen LogP contribution is 2.25. The molecule has 1 N–H and O–H groups in total. The predicted molar refractivity (Wildman–Crippen MR) is 107 cm³/mol. The number of nitrogens with zero attached hydrogens (tertiary/aromatic N) is 4. The van der Waals surface area contributed by atoms with Crippen LogP contribution in [0.2, 0.25) is 5.02 Å². The van der Waals surface area contributed by atoms with E-state index < -0.39 is 0 Å². The lowest BCUT2D eigenvalue weighted by molar-refractivity contribution is -0.130. The average molecular weight is 392 g/mol. The largest absolute Gasteiger partial charge is 0.351 e. The minimum atomic E-state index is -0.239. The standard InChI is InChI=1S/C19H26ClN5O2/c1-11(2)25-17-13(9-16(20)18(25)27)10-21-19(23-17)22-14-5-7-15(8-6-14)24(4)12(3)26/h9-11,14-15H,5-8H2,1-4H3,(H,21,22,23). The van der Waals surface area contributed by atoms with Crippen LogP contribution in [0, 0.1) is 0 Å². The van der Waals surface area contributed by atoms with E-state index in [0.717, 1.165) is 31.1 Å². The topological polar surface area (TPSA) is 80.1 Å². The number of carbonyl (C=O) groups is 1. The number of nitrogens with one attached hydrogen (secondary N) is 1. The van der Waals surface area contributed by atoms with Crippen LogP contribution in [0.1, 0.15) is 52.5 Å². The zero-order chi connectivity index (χ0) is 19.7. The molecule has 2 aromatic heterocycles. The number of halogens is 1.